The van der Waals surface area contributed by atoms with Crippen molar-refractivity contribution in [2.45, 2.75) is 20.0 Å². The Morgan fingerprint density at radius 1 is 1.38 bits per heavy atom. The third kappa shape index (κ3) is 3.62. The molecule has 2 N–H and O–H groups in total. The lowest BCUT2D eigenvalue weighted by Gasteiger charge is -2.08. The van der Waals surface area contributed by atoms with Gasteiger partial charge in [-0.25, -0.2) is 0 Å². The molecule has 0 spiro atoms. The molecular formula is C19H18N4O2S. The predicted molar refractivity (Wildman–Crippen MR) is 104 cm³/mol. The average molecular weight is 366 g/mol. The fourth-order valence-corrected chi connectivity index (χ4v) is 2.93. The van der Waals surface area contributed by atoms with Gasteiger partial charge in [-0.05, 0) is 49.5 Å². The largest absolute Gasteiger partial charge is 0.346 e. The summed E-state index contributed by atoms with van der Waals surface area (Å²) >= 11 is 5.22. The van der Waals surface area contributed by atoms with Crippen molar-refractivity contribution in [3.05, 3.63) is 81.1 Å². The Balaban J connectivity index is 1.87. The second-order valence-corrected chi connectivity index (χ2v) is 6.23. The Kier molecular flexibility index (Phi) is 5.09. The monoisotopic (exact) mass is 366 g/mol. The number of aromatic nitrogens is 3. The van der Waals surface area contributed by atoms with Crippen LogP contribution in [-0.2, 0) is 13.1 Å². The van der Waals surface area contributed by atoms with Gasteiger partial charge in [0.25, 0.3) is 11.5 Å². The molecule has 7 heteroatoms. The van der Waals surface area contributed by atoms with E-state index in [1.165, 1.54) is 4.57 Å². The van der Waals surface area contributed by atoms with E-state index in [0.29, 0.717) is 34.3 Å². The number of aromatic amines is 1. The summed E-state index contributed by atoms with van der Waals surface area (Å²) in [5, 5.41) is 3.30. The Hall–Kier alpha value is -3.06. The molecule has 0 aliphatic heterocycles. The number of H-pyrrole nitrogens is 1. The number of amides is 1. The molecule has 0 unspecified atom stereocenters. The molecule has 0 aliphatic rings. The van der Waals surface area contributed by atoms with Gasteiger partial charge in [-0.3, -0.25) is 19.1 Å². The summed E-state index contributed by atoms with van der Waals surface area (Å²) < 4.78 is 1.72. The van der Waals surface area contributed by atoms with Crippen molar-refractivity contribution in [3.63, 3.8) is 0 Å². The number of hydrogen-bond donors (Lipinski definition) is 2. The smallest absolute Gasteiger partial charge is 0.262 e. The van der Waals surface area contributed by atoms with Crippen LogP contribution in [0.5, 0.6) is 0 Å². The normalized spacial score (nSPS) is 10.7. The van der Waals surface area contributed by atoms with Gasteiger partial charge < -0.3 is 10.3 Å². The van der Waals surface area contributed by atoms with Gasteiger partial charge >= 0.3 is 0 Å². The molecule has 0 atom stereocenters. The van der Waals surface area contributed by atoms with Crippen LogP contribution in [0.15, 0.2) is 53.8 Å². The minimum atomic E-state index is -0.246. The molecule has 0 saturated heterocycles. The lowest BCUT2D eigenvalue weighted by Crippen LogP contribution is -2.24. The predicted octanol–water partition coefficient (Wildman–Crippen LogP) is 2.88. The summed E-state index contributed by atoms with van der Waals surface area (Å²) in [6.07, 6.45) is 1.61. The van der Waals surface area contributed by atoms with Crippen molar-refractivity contribution in [1.29, 1.82) is 0 Å². The highest BCUT2D eigenvalue weighted by Gasteiger charge is 2.10. The van der Waals surface area contributed by atoms with Gasteiger partial charge in [0, 0.05) is 17.8 Å². The molecule has 1 amide bonds. The Bertz CT molecular complexity index is 1110. The van der Waals surface area contributed by atoms with E-state index in [2.05, 4.69) is 21.9 Å². The van der Waals surface area contributed by atoms with Crippen molar-refractivity contribution in [2.75, 3.05) is 0 Å². The van der Waals surface area contributed by atoms with Gasteiger partial charge in [0.1, 0.15) is 0 Å². The quantitative estimate of drug-likeness (QED) is 0.537. The SMILES string of the molecule is C=CCn1c(=S)[nH]c2cc(C(=O)NCc3cccc(C)n3)ccc2c1=O. The summed E-state index contributed by atoms with van der Waals surface area (Å²) in [6.45, 7) is 6.19. The summed E-state index contributed by atoms with van der Waals surface area (Å²) in [5.41, 5.74) is 2.44. The summed E-state index contributed by atoms with van der Waals surface area (Å²) in [6, 6.07) is 10.5. The zero-order valence-electron chi connectivity index (χ0n) is 14.3. The highest BCUT2D eigenvalue weighted by molar-refractivity contribution is 7.71. The molecule has 3 aromatic rings. The van der Waals surface area contributed by atoms with Crippen LogP contribution in [0.2, 0.25) is 0 Å². The molecule has 1 aromatic carbocycles. The van der Waals surface area contributed by atoms with Crippen molar-refractivity contribution in [2.24, 2.45) is 0 Å². The van der Waals surface area contributed by atoms with Crippen LogP contribution in [0.3, 0.4) is 0 Å². The zero-order chi connectivity index (χ0) is 18.7. The Labute approximate surface area is 155 Å². The van der Waals surface area contributed by atoms with Crippen molar-refractivity contribution < 1.29 is 4.79 Å². The summed E-state index contributed by atoms with van der Waals surface area (Å²) in [4.78, 5) is 32.2. The fourth-order valence-electron chi connectivity index (χ4n) is 2.66. The van der Waals surface area contributed by atoms with Gasteiger partial charge in [0.05, 0.1) is 23.1 Å². The van der Waals surface area contributed by atoms with E-state index in [1.807, 2.05) is 25.1 Å². The second kappa shape index (κ2) is 7.45. The zero-order valence-corrected chi connectivity index (χ0v) is 15.1. The van der Waals surface area contributed by atoms with Crippen LogP contribution in [0.1, 0.15) is 21.7 Å². The molecule has 0 saturated carbocycles. The van der Waals surface area contributed by atoms with E-state index in [4.69, 9.17) is 12.2 Å². The average Bonchev–Trinajstić information content (AvgIpc) is 2.62. The summed E-state index contributed by atoms with van der Waals surface area (Å²) in [5.74, 6) is -0.246. The molecule has 3 rings (SSSR count). The maximum absolute atomic E-state index is 12.5. The molecule has 26 heavy (non-hydrogen) atoms. The Morgan fingerprint density at radius 2 is 2.19 bits per heavy atom. The first-order chi connectivity index (χ1) is 12.5. The van der Waals surface area contributed by atoms with Gasteiger partial charge in [-0.2, -0.15) is 0 Å². The molecule has 0 radical (unpaired) electrons. The van der Waals surface area contributed by atoms with E-state index in [0.717, 1.165) is 11.4 Å². The minimum absolute atomic E-state index is 0.209. The van der Waals surface area contributed by atoms with Crippen LogP contribution in [0.4, 0.5) is 0 Å². The van der Waals surface area contributed by atoms with Crippen molar-refractivity contribution in [3.8, 4) is 0 Å². The first kappa shape index (κ1) is 17.8. The van der Waals surface area contributed by atoms with E-state index in [-0.39, 0.29) is 11.5 Å². The molecule has 0 fully saturated rings. The molecule has 0 aliphatic carbocycles. The second-order valence-electron chi connectivity index (χ2n) is 5.85. The maximum atomic E-state index is 12.5. The van der Waals surface area contributed by atoms with Crippen LogP contribution in [0, 0.1) is 11.7 Å². The van der Waals surface area contributed by atoms with Gasteiger partial charge in [0.15, 0.2) is 4.77 Å². The third-order valence-electron chi connectivity index (χ3n) is 3.93. The van der Waals surface area contributed by atoms with E-state index < -0.39 is 0 Å². The maximum Gasteiger partial charge on any atom is 0.262 e. The molecule has 2 heterocycles. The minimum Gasteiger partial charge on any atom is -0.346 e. The van der Waals surface area contributed by atoms with Gasteiger partial charge in [0.2, 0.25) is 0 Å². The van der Waals surface area contributed by atoms with Crippen LogP contribution in [0.25, 0.3) is 10.9 Å². The lowest BCUT2D eigenvalue weighted by molar-refractivity contribution is 0.0950. The molecule has 132 valence electrons. The highest BCUT2D eigenvalue weighted by Crippen LogP contribution is 2.11. The first-order valence-electron chi connectivity index (χ1n) is 8.08. The molecular weight excluding hydrogens is 348 g/mol. The van der Waals surface area contributed by atoms with Crippen LogP contribution < -0.4 is 10.9 Å². The number of nitrogens with one attached hydrogen (secondary N) is 2. The van der Waals surface area contributed by atoms with Gasteiger partial charge in [-0.15, -0.1) is 6.58 Å². The number of fused-ring (bicyclic) bond motifs is 1. The Morgan fingerprint density at radius 3 is 2.92 bits per heavy atom. The van der Waals surface area contributed by atoms with E-state index in [9.17, 15) is 9.59 Å². The topological polar surface area (TPSA) is 79.8 Å². The van der Waals surface area contributed by atoms with Gasteiger partial charge in [-0.1, -0.05) is 12.1 Å². The number of hydrogen-bond acceptors (Lipinski definition) is 4. The van der Waals surface area contributed by atoms with E-state index >= 15 is 0 Å². The van der Waals surface area contributed by atoms with Crippen molar-refractivity contribution >= 4 is 29.0 Å². The number of carbonyl (C=O) groups is 1. The molecule has 2 aromatic heterocycles. The van der Waals surface area contributed by atoms with Crippen LogP contribution >= 0.6 is 12.2 Å². The first-order valence-corrected chi connectivity index (χ1v) is 8.49. The van der Waals surface area contributed by atoms with E-state index in [1.54, 1.807) is 24.3 Å². The summed E-state index contributed by atoms with van der Waals surface area (Å²) in [7, 11) is 0. The number of pyridine rings is 1. The third-order valence-corrected chi connectivity index (χ3v) is 4.25. The number of allylic oxidation sites excluding steroid dienone is 1. The number of aryl methyl sites for hydroxylation is 1. The standard InChI is InChI=1S/C19H18N4O2S/c1-3-9-23-18(25)15-8-7-13(10-16(15)22-19(23)26)17(24)20-11-14-6-4-5-12(2)21-14/h3-8,10H,1,9,11H2,2H3,(H,20,24)(H,22,26). The van der Waals surface area contributed by atoms with Crippen molar-refractivity contribution in [1.82, 2.24) is 19.9 Å². The number of benzene rings is 1. The molecule has 6 nitrogen and oxygen atoms in total. The lowest BCUT2D eigenvalue weighted by atomic mass is 10.1. The van der Waals surface area contributed by atoms with Crippen LogP contribution in [-0.4, -0.2) is 20.4 Å². The number of carbonyl (C=O) groups excluding carboxylic acids is 1. The number of nitrogens with zero attached hydrogens (tertiary/aromatic N) is 2. The molecule has 0 bridgehead atoms. The number of rotatable bonds is 5. The fraction of sp³-hybridized carbons (Fsp3) is 0.158. The highest BCUT2D eigenvalue weighted by atomic mass is 32.1.